The maximum atomic E-state index is 13.7. The van der Waals surface area contributed by atoms with Crippen LogP contribution in [0.2, 0.25) is 0 Å². The summed E-state index contributed by atoms with van der Waals surface area (Å²) in [4.78, 5) is 14.9. The average Bonchev–Trinajstić information content (AvgIpc) is 3.24. The Kier molecular flexibility index (Phi) is 6.82. The van der Waals surface area contributed by atoms with Crippen molar-refractivity contribution in [2.24, 2.45) is 0 Å². The lowest BCUT2D eigenvalue weighted by Gasteiger charge is -2.34. The van der Waals surface area contributed by atoms with E-state index in [1.807, 2.05) is 43.3 Å². The quantitative estimate of drug-likeness (QED) is 0.487. The summed E-state index contributed by atoms with van der Waals surface area (Å²) in [6.07, 6.45) is 5.97. The minimum atomic E-state index is -0.260. The Morgan fingerprint density at radius 2 is 1.81 bits per heavy atom. The SMILES string of the molecule is Cc1ccc(NC(=O)c2ccc(CN(Cc3cccc(F)c3)C3CCCCC3)o2)cc1. The number of anilines is 1. The van der Waals surface area contributed by atoms with Gasteiger partial charge in [-0.2, -0.15) is 0 Å². The number of hydrogen-bond acceptors (Lipinski definition) is 3. The molecule has 0 bridgehead atoms. The van der Waals surface area contributed by atoms with Crippen LogP contribution >= 0.6 is 0 Å². The summed E-state index contributed by atoms with van der Waals surface area (Å²) < 4.78 is 19.6. The van der Waals surface area contributed by atoms with Gasteiger partial charge in [0.1, 0.15) is 11.6 Å². The molecule has 31 heavy (non-hydrogen) atoms. The molecule has 162 valence electrons. The molecule has 1 aliphatic rings. The number of nitrogens with zero attached hydrogens (tertiary/aromatic N) is 1. The molecule has 4 rings (SSSR count). The van der Waals surface area contributed by atoms with Crippen LogP contribution in [0.1, 0.15) is 59.5 Å². The molecule has 1 aromatic heterocycles. The van der Waals surface area contributed by atoms with Gasteiger partial charge in [-0.15, -0.1) is 0 Å². The van der Waals surface area contributed by atoms with Crippen LogP contribution in [0.25, 0.3) is 0 Å². The van der Waals surface area contributed by atoms with Crippen LogP contribution in [0.4, 0.5) is 10.1 Å². The number of carbonyl (C=O) groups is 1. The van der Waals surface area contributed by atoms with Crippen LogP contribution < -0.4 is 5.32 Å². The van der Waals surface area contributed by atoms with Crippen LogP contribution in [-0.2, 0) is 13.1 Å². The Bertz CT molecular complexity index is 1010. The maximum absolute atomic E-state index is 13.7. The van der Waals surface area contributed by atoms with Gasteiger partial charge in [0.05, 0.1) is 6.54 Å². The van der Waals surface area contributed by atoms with E-state index < -0.39 is 0 Å². The van der Waals surface area contributed by atoms with E-state index in [1.54, 1.807) is 18.2 Å². The Morgan fingerprint density at radius 1 is 1.03 bits per heavy atom. The lowest BCUT2D eigenvalue weighted by atomic mass is 9.93. The Hall–Kier alpha value is -2.92. The van der Waals surface area contributed by atoms with Gasteiger partial charge in [-0.05, 0) is 61.7 Å². The summed E-state index contributed by atoms with van der Waals surface area (Å²) in [5, 5.41) is 2.87. The summed E-state index contributed by atoms with van der Waals surface area (Å²) in [5.41, 5.74) is 2.83. The van der Waals surface area contributed by atoms with Crippen molar-refractivity contribution in [3.63, 3.8) is 0 Å². The first-order valence-corrected chi connectivity index (χ1v) is 11.0. The molecule has 0 spiro atoms. The molecule has 1 saturated carbocycles. The van der Waals surface area contributed by atoms with E-state index >= 15 is 0 Å². The number of hydrogen-bond donors (Lipinski definition) is 1. The normalized spacial score (nSPS) is 14.7. The molecule has 3 aromatic rings. The molecular weight excluding hydrogens is 391 g/mol. The number of aryl methyl sites for hydroxylation is 1. The van der Waals surface area contributed by atoms with Crippen LogP contribution in [0.3, 0.4) is 0 Å². The van der Waals surface area contributed by atoms with Gasteiger partial charge >= 0.3 is 0 Å². The molecular formula is C26H29FN2O2. The molecule has 5 heteroatoms. The minimum Gasteiger partial charge on any atom is -0.455 e. The fourth-order valence-electron chi connectivity index (χ4n) is 4.24. The third-order valence-electron chi connectivity index (χ3n) is 5.92. The number of rotatable bonds is 7. The molecule has 0 unspecified atom stereocenters. The fraction of sp³-hybridized carbons (Fsp3) is 0.346. The van der Waals surface area contributed by atoms with Crippen molar-refractivity contribution in [3.05, 3.63) is 89.1 Å². The van der Waals surface area contributed by atoms with Gasteiger partial charge in [0.25, 0.3) is 5.91 Å². The zero-order chi connectivity index (χ0) is 21.6. The second-order valence-electron chi connectivity index (χ2n) is 8.41. The zero-order valence-electron chi connectivity index (χ0n) is 17.9. The highest BCUT2D eigenvalue weighted by molar-refractivity contribution is 6.02. The monoisotopic (exact) mass is 420 g/mol. The Balaban J connectivity index is 1.45. The van der Waals surface area contributed by atoms with Crippen molar-refractivity contribution in [1.82, 2.24) is 4.90 Å². The van der Waals surface area contributed by atoms with Crippen LogP contribution in [-0.4, -0.2) is 16.8 Å². The molecule has 0 radical (unpaired) electrons. The number of amides is 1. The zero-order valence-corrected chi connectivity index (χ0v) is 17.9. The van der Waals surface area contributed by atoms with Crippen molar-refractivity contribution in [2.75, 3.05) is 5.32 Å². The highest BCUT2D eigenvalue weighted by Crippen LogP contribution is 2.26. The number of furan rings is 1. The van der Waals surface area contributed by atoms with Crippen LogP contribution in [0.5, 0.6) is 0 Å². The van der Waals surface area contributed by atoms with Gasteiger partial charge in [-0.1, -0.05) is 49.1 Å². The maximum Gasteiger partial charge on any atom is 0.291 e. The van der Waals surface area contributed by atoms with E-state index in [9.17, 15) is 9.18 Å². The van der Waals surface area contributed by atoms with E-state index in [-0.39, 0.29) is 11.7 Å². The number of carbonyl (C=O) groups excluding carboxylic acids is 1. The molecule has 1 aliphatic carbocycles. The summed E-state index contributed by atoms with van der Waals surface area (Å²) in [5.74, 6) is 0.569. The van der Waals surface area contributed by atoms with Gasteiger partial charge in [0, 0.05) is 18.3 Å². The number of halogens is 1. The summed E-state index contributed by atoms with van der Waals surface area (Å²) >= 11 is 0. The molecule has 4 nitrogen and oxygen atoms in total. The lowest BCUT2D eigenvalue weighted by Crippen LogP contribution is -2.35. The van der Waals surface area contributed by atoms with Crippen molar-refractivity contribution in [1.29, 1.82) is 0 Å². The van der Waals surface area contributed by atoms with E-state index in [1.165, 1.54) is 25.3 Å². The largest absolute Gasteiger partial charge is 0.455 e. The van der Waals surface area contributed by atoms with Gasteiger partial charge in [-0.3, -0.25) is 9.69 Å². The molecule has 1 N–H and O–H groups in total. The average molecular weight is 421 g/mol. The van der Waals surface area contributed by atoms with Crippen molar-refractivity contribution < 1.29 is 13.6 Å². The summed E-state index contributed by atoms with van der Waals surface area (Å²) in [6, 6.07) is 18.5. The van der Waals surface area contributed by atoms with Gasteiger partial charge in [-0.25, -0.2) is 4.39 Å². The third kappa shape index (κ3) is 5.82. The summed E-state index contributed by atoms with van der Waals surface area (Å²) in [6.45, 7) is 3.26. The Morgan fingerprint density at radius 3 is 2.55 bits per heavy atom. The van der Waals surface area contributed by atoms with Crippen LogP contribution in [0.15, 0.2) is 65.1 Å². The topological polar surface area (TPSA) is 45.5 Å². The van der Waals surface area contributed by atoms with E-state index in [0.717, 1.165) is 35.4 Å². The third-order valence-corrected chi connectivity index (χ3v) is 5.92. The first kappa shape index (κ1) is 21.3. The molecule has 0 saturated heterocycles. The van der Waals surface area contributed by atoms with Crippen molar-refractivity contribution in [2.45, 2.75) is 58.2 Å². The summed E-state index contributed by atoms with van der Waals surface area (Å²) in [7, 11) is 0. The standard InChI is InChI=1S/C26H29FN2O2/c1-19-10-12-22(13-11-19)28-26(30)25-15-14-24(31-25)18-29(23-8-3-2-4-9-23)17-20-6-5-7-21(27)16-20/h5-7,10-16,23H,2-4,8-9,17-18H2,1H3,(H,28,30). The van der Waals surface area contributed by atoms with Crippen molar-refractivity contribution >= 4 is 11.6 Å². The minimum absolute atomic E-state index is 0.214. The van der Waals surface area contributed by atoms with Crippen molar-refractivity contribution in [3.8, 4) is 0 Å². The predicted octanol–water partition coefficient (Wildman–Crippen LogP) is 6.31. The number of nitrogens with one attached hydrogen (secondary N) is 1. The highest BCUT2D eigenvalue weighted by atomic mass is 19.1. The highest BCUT2D eigenvalue weighted by Gasteiger charge is 2.23. The molecule has 1 fully saturated rings. The van der Waals surface area contributed by atoms with E-state index in [0.29, 0.717) is 24.9 Å². The first-order valence-electron chi connectivity index (χ1n) is 11.0. The molecule has 1 amide bonds. The Labute approximate surface area is 183 Å². The number of benzene rings is 2. The van der Waals surface area contributed by atoms with Crippen LogP contribution in [0, 0.1) is 12.7 Å². The second-order valence-corrected chi connectivity index (χ2v) is 8.41. The fourth-order valence-corrected chi connectivity index (χ4v) is 4.24. The molecule has 2 aromatic carbocycles. The van der Waals surface area contributed by atoms with E-state index in [4.69, 9.17) is 4.42 Å². The predicted molar refractivity (Wildman–Crippen MR) is 120 cm³/mol. The van der Waals surface area contributed by atoms with Gasteiger partial charge in [0.15, 0.2) is 5.76 Å². The van der Waals surface area contributed by atoms with Gasteiger partial charge in [0.2, 0.25) is 0 Å². The smallest absolute Gasteiger partial charge is 0.291 e. The van der Waals surface area contributed by atoms with Gasteiger partial charge < -0.3 is 9.73 Å². The van der Waals surface area contributed by atoms with E-state index in [2.05, 4.69) is 10.2 Å². The molecule has 1 heterocycles. The second kappa shape index (κ2) is 9.92. The molecule has 0 atom stereocenters. The molecule has 0 aliphatic heterocycles. The first-order chi connectivity index (χ1) is 15.1. The lowest BCUT2D eigenvalue weighted by molar-refractivity contribution is 0.0985.